The second-order valence-electron chi connectivity index (χ2n) is 8.42. The predicted octanol–water partition coefficient (Wildman–Crippen LogP) is 2.10. The molecule has 2 aromatic heterocycles. The highest BCUT2D eigenvalue weighted by atomic mass is 32.2. The van der Waals surface area contributed by atoms with Gasteiger partial charge in [0, 0.05) is 17.8 Å². The van der Waals surface area contributed by atoms with Gasteiger partial charge in [0.25, 0.3) is 0 Å². The van der Waals surface area contributed by atoms with E-state index in [1.807, 2.05) is 0 Å². The van der Waals surface area contributed by atoms with Crippen LogP contribution in [-0.2, 0) is 10.0 Å². The summed E-state index contributed by atoms with van der Waals surface area (Å²) in [6.45, 7) is 5.10. The fraction of sp³-hybridized carbons (Fsp3) is 0.450. The minimum atomic E-state index is -4.11. The molecule has 166 valence electrons. The van der Waals surface area contributed by atoms with Crippen molar-refractivity contribution in [3.8, 4) is 11.3 Å². The van der Waals surface area contributed by atoms with Crippen molar-refractivity contribution in [2.45, 2.75) is 63.0 Å². The number of hydrogen-bond donors (Lipinski definition) is 3. The van der Waals surface area contributed by atoms with Crippen molar-refractivity contribution in [2.75, 3.05) is 5.73 Å². The maximum Gasteiger partial charge on any atom is 0.243 e. The lowest BCUT2D eigenvalue weighted by Crippen LogP contribution is -2.42. The SMILES string of the molecule is Cc1nc(N)n2cc(-c3cc(S(=O)(=O)N[C@H]4CC[C@](C)(O)CC4)c(F)cc3C)nc2n1. The van der Waals surface area contributed by atoms with Crippen LogP contribution in [0.25, 0.3) is 17.0 Å². The van der Waals surface area contributed by atoms with Crippen molar-refractivity contribution >= 4 is 21.7 Å². The Hall–Kier alpha value is -2.63. The number of sulfonamides is 1. The number of hydrogen-bond acceptors (Lipinski definition) is 7. The number of anilines is 1. The van der Waals surface area contributed by atoms with E-state index in [2.05, 4.69) is 19.7 Å². The van der Waals surface area contributed by atoms with E-state index in [-0.39, 0.29) is 12.0 Å². The zero-order chi connectivity index (χ0) is 22.6. The molecule has 31 heavy (non-hydrogen) atoms. The Balaban J connectivity index is 1.71. The quantitative estimate of drug-likeness (QED) is 0.556. The topological polar surface area (TPSA) is 136 Å². The zero-order valence-electron chi connectivity index (χ0n) is 17.6. The number of aryl methyl sites for hydroxylation is 2. The zero-order valence-corrected chi connectivity index (χ0v) is 18.4. The Bertz CT molecular complexity index is 1260. The smallest absolute Gasteiger partial charge is 0.243 e. The third-order valence-corrected chi connectivity index (χ3v) is 7.24. The van der Waals surface area contributed by atoms with E-state index in [4.69, 9.17) is 5.73 Å². The van der Waals surface area contributed by atoms with E-state index >= 15 is 0 Å². The van der Waals surface area contributed by atoms with Gasteiger partial charge in [0.15, 0.2) is 0 Å². The van der Waals surface area contributed by atoms with Gasteiger partial charge in [-0.1, -0.05) is 0 Å². The van der Waals surface area contributed by atoms with Crippen molar-refractivity contribution in [1.82, 2.24) is 24.1 Å². The molecule has 1 fully saturated rings. The summed E-state index contributed by atoms with van der Waals surface area (Å²) in [6.07, 6.45) is 3.51. The van der Waals surface area contributed by atoms with E-state index in [0.29, 0.717) is 54.1 Å². The molecule has 1 saturated carbocycles. The fourth-order valence-corrected chi connectivity index (χ4v) is 5.30. The van der Waals surface area contributed by atoms with Crippen molar-refractivity contribution in [2.24, 2.45) is 0 Å². The molecular formula is C20H25FN6O3S. The van der Waals surface area contributed by atoms with Crippen LogP contribution < -0.4 is 10.5 Å². The molecule has 0 spiro atoms. The van der Waals surface area contributed by atoms with Gasteiger partial charge in [0.2, 0.25) is 21.7 Å². The first kappa shape index (κ1) is 21.6. The number of nitrogens with zero attached hydrogens (tertiary/aromatic N) is 4. The first-order chi connectivity index (χ1) is 14.4. The molecule has 0 aliphatic heterocycles. The number of nitrogens with two attached hydrogens (primary N) is 1. The van der Waals surface area contributed by atoms with Gasteiger partial charge in [0.1, 0.15) is 16.5 Å². The number of aromatic nitrogens is 4. The highest BCUT2D eigenvalue weighted by Crippen LogP contribution is 2.31. The van der Waals surface area contributed by atoms with Gasteiger partial charge in [0.05, 0.1) is 11.3 Å². The van der Waals surface area contributed by atoms with Crippen LogP contribution in [0.4, 0.5) is 10.3 Å². The third-order valence-electron chi connectivity index (χ3n) is 5.70. The van der Waals surface area contributed by atoms with E-state index in [0.717, 1.165) is 0 Å². The van der Waals surface area contributed by atoms with E-state index in [1.165, 1.54) is 16.5 Å². The van der Waals surface area contributed by atoms with Gasteiger partial charge in [-0.3, -0.25) is 4.40 Å². The molecule has 1 aromatic carbocycles. The van der Waals surface area contributed by atoms with Crippen LogP contribution in [0.1, 0.15) is 44.0 Å². The average Bonchev–Trinajstić information content (AvgIpc) is 3.07. The highest BCUT2D eigenvalue weighted by molar-refractivity contribution is 7.89. The summed E-state index contributed by atoms with van der Waals surface area (Å²) in [5.74, 6) is 0.136. The molecule has 9 nitrogen and oxygen atoms in total. The van der Waals surface area contributed by atoms with Gasteiger partial charge in [-0.2, -0.15) is 9.97 Å². The van der Waals surface area contributed by atoms with Gasteiger partial charge in [-0.15, -0.1) is 0 Å². The number of fused-ring (bicyclic) bond motifs is 1. The number of benzene rings is 1. The number of rotatable bonds is 4. The van der Waals surface area contributed by atoms with Crippen LogP contribution in [0, 0.1) is 19.7 Å². The van der Waals surface area contributed by atoms with Crippen molar-refractivity contribution in [1.29, 1.82) is 0 Å². The van der Waals surface area contributed by atoms with Crippen LogP contribution in [0.2, 0.25) is 0 Å². The summed E-state index contributed by atoms with van der Waals surface area (Å²) in [5.41, 5.74) is 6.52. The molecule has 0 saturated heterocycles. The molecule has 0 unspecified atom stereocenters. The second kappa shape index (κ2) is 7.50. The molecular weight excluding hydrogens is 423 g/mol. The Morgan fingerprint density at radius 3 is 2.58 bits per heavy atom. The Morgan fingerprint density at radius 1 is 1.23 bits per heavy atom. The summed E-state index contributed by atoms with van der Waals surface area (Å²) in [4.78, 5) is 12.3. The third kappa shape index (κ3) is 4.25. The molecule has 0 amide bonds. The molecule has 1 aliphatic rings. The van der Waals surface area contributed by atoms with E-state index < -0.39 is 26.3 Å². The monoisotopic (exact) mass is 448 g/mol. The molecule has 3 aromatic rings. The largest absolute Gasteiger partial charge is 0.390 e. The number of nitrogens with one attached hydrogen (secondary N) is 1. The average molecular weight is 449 g/mol. The fourth-order valence-electron chi connectivity index (χ4n) is 3.91. The van der Waals surface area contributed by atoms with Crippen LogP contribution in [0.3, 0.4) is 0 Å². The lowest BCUT2D eigenvalue weighted by molar-refractivity contribution is 0.0163. The lowest BCUT2D eigenvalue weighted by atomic mass is 9.84. The number of imidazole rings is 1. The molecule has 0 atom stereocenters. The summed E-state index contributed by atoms with van der Waals surface area (Å²) in [7, 11) is -4.11. The van der Waals surface area contributed by atoms with E-state index in [1.54, 1.807) is 27.0 Å². The predicted molar refractivity (Wildman–Crippen MR) is 113 cm³/mol. The molecule has 4 N–H and O–H groups in total. The highest BCUT2D eigenvalue weighted by Gasteiger charge is 2.32. The number of halogens is 1. The number of nitrogen functional groups attached to an aromatic ring is 1. The summed E-state index contributed by atoms with van der Waals surface area (Å²) >= 11 is 0. The van der Waals surface area contributed by atoms with Crippen molar-refractivity contribution in [3.63, 3.8) is 0 Å². The summed E-state index contributed by atoms with van der Waals surface area (Å²) < 4.78 is 44.7. The van der Waals surface area contributed by atoms with Crippen LogP contribution in [-0.4, -0.2) is 44.5 Å². The second-order valence-corrected chi connectivity index (χ2v) is 10.1. The maximum atomic E-state index is 14.7. The Morgan fingerprint density at radius 2 is 1.90 bits per heavy atom. The molecule has 4 rings (SSSR count). The lowest BCUT2D eigenvalue weighted by Gasteiger charge is -2.33. The van der Waals surface area contributed by atoms with Crippen LogP contribution in [0.5, 0.6) is 0 Å². The van der Waals surface area contributed by atoms with Crippen LogP contribution >= 0.6 is 0 Å². The minimum absolute atomic E-state index is 0.198. The number of aliphatic hydroxyl groups is 1. The summed E-state index contributed by atoms with van der Waals surface area (Å²) in [6, 6.07) is 2.10. The normalized spacial score (nSPS) is 22.2. The van der Waals surface area contributed by atoms with Crippen molar-refractivity contribution < 1.29 is 17.9 Å². The minimum Gasteiger partial charge on any atom is -0.390 e. The molecule has 2 heterocycles. The van der Waals surface area contributed by atoms with Gasteiger partial charge in [-0.25, -0.2) is 22.5 Å². The van der Waals surface area contributed by atoms with Crippen molar-refractivity contribution in [3.05, 3.63) is 35.5 Å². The van der Waals surface area contributed by atoms with Gasteiger partial charge < -0.3 is 10.8 Å². The standard InChI is InChI=1S/C20H25FN6O3S/c1-11-8-15(21)17(31(29,30)26-13-4-6-20(3,28)7-5-13)9-14(11)16-10-27-18(22)23-12(2)24-19(27)25-16/h8-10,13,26,28H,4-7H2,1-3H3,(H2,22,23,24,25)/t13-,20-. The molecule has 0 radical (unpaired) electrons. The first-order valence-electron chi connectivity index (χ1n) is 10.00. The maximum absolute atomic E-state index is 14.7. The Labute approximate surface area is 179 Å². The van der Waals surface area contributed by atoms with Gasteiger partial charge in [-0.05, 0) is 64.2 Å². The summed E-state index contributed by atoms with van der Waals surface area (Å²) in [5, 5.41) is 10.1. The van der Waals surface area contributed by atoms with Crippen LogP contribution in [0.15, 0.2) is 23.2 Å². The molecule has 1 aliphatic carbocycles. The molecule has 11 heteroatoms. The van der Waals surface area contributed by atoms with Gasteiger partial charge >= 0.3 is 0 Å². The Kier molecular flexibility index (Phi) is 5.23. The molecule has 0 bridgehead atoms. The van der Waals surface area contributed by atoms with E-state index in [9.17, 15) is 17.9 Å². The first-order valence-corrected chi connectivity index (χ1v) is 11.5.